The molecule has 0 bridgehead atoms. The van der Waals surface area contributed by atoms with E-state index in [2.05, 4.69) is 19.3 Å². The van der Waals surface area contributed by atoms with E-state index in [-0.39, 0.29) is 29.6 Å². The molecule has 2 heterocycles. The molecule has 88 valence electrons. The average molecular weight is 326 g/mol. The summed E-state index contributed by atoms with van der Waals surface area (Å²) in [4.78, 5) is 5.57. The Balaban J connectivity index is 0.00000112. The van der Waals surface area contributed by atoms with E-state index in [0.29, 0.717) is 0 Å². The lowest BCUT2D eigenvalue weighted by molar-refractivity contribution is -0.902. The standard InChI is InChI=1S/C10H19N2O2.HI/c1-12(2)6-4-5-10(8-12)7-9(13-3)11-14-10;/h4-8H2,1-3H3;1H/q+1;/p-1. The third kappa shape index (κ3) is 2.75. The lowest BCUT2D eigenvalue weighted by atomic mass is 9.89. The zero-order valence-corrected chi connectivity index (χ0v) is 11.8. The monoisotopic (exact) mass is 326 g/mol. The van der Waals surface area contributed by atoms with Crippen LogP contribution in [0, 0.1) is 0 Å². The highest BCUT2D eigenvalue weighted by Crippen LogP contribution is 2.34. The SMILES string of the molecule is COC1=NOC2(CCC[N+](C)(C)C2)C1.[I-]. The largest absolute Gasteiger partial charge is 1.00 e. The van der Waals surface area contributed by atoms with E-state index in [1.807, 2.05) is 0 Å². The van der Waals surface area contributed by atoms with Crippen LogP contribution in [0.15, 0.2) is 5.16 Å². The molecular formula is C10H19IN2O2. The maximum absolute atomic E-state index is 5.57. The fourth-order valence-electron chi connectivity index (χ4n) is 2.58. The first-order valence-corrected chi connectivity index (χ1v) is 5.16. The molecule has 0 saturated carbocycles. The predicted molar refractivity (Wildman–Crippen MR) is 54.0 cm³/mol. The molecule has 1 atom stereocenters. The fraction of sp³-hybridized carbons (Fsp3) is 0.900. The van der Waals surface area contributed by atoms with Crippen molar-refractivity contribution in [2.75, 3.05) is 34.3 Å². The van der Waals surface area contributed by atoms with Gasteiger partial charge in [-0.25, -0.2) is 0 Å². The summed E-state index contributed by atoms with van der Waals surface area (Å²) in [7, 11) is 6.15. The Hall–Kier alpha value is -0.0400. The van der Waals surface area contributed by atoms with Gasteiger partial charge < -0.3 is 38.0 Å². The van der Waals surface area contributed by atoms with E-state index in [0.717, 1.165) is 29.8 Å². The average Bonchev–Trinajstić information content (AvgIpc) is 2.46. The van der Waals surface area contributed by atoms with Gasteiger partial charge in [-0.1, -0.05) is 5.16 Å². The van der Waals surface area contributed by atoms with Gasteiger partial charge in [-0.3, -0.25) is 0 Å². The summed E-state index contributed by atoms with van der Waals surface area (Å²) in [6.45, 7) is 2.26. The molecule has 0 N–H and O–H groups in total. The molecule has 1 spiro atoms. The van der Waals surface area contributed by atoms with E-state index < -0.39 is 0 Å². The number of piperidine rings is 1. The molecule has 2 aliphatic rings. The van der Waals surface area contributed by atoms with Gasteiger partial charge in [-0.2, -0.15) is 0 Å². The number of hydrogen-bond donors (Lipinski definition) is 0. The van der Waals surface area contributed by atoms with Crippen LogP contribution in [-0.4, -0.2) is 50.3 Å². The number of nitrogens with zero attached hydrogens (tertiary/aromatic N) is 2. The molecular weight excluding hydrogens is 307 g/mol. The molecule has 2 rings (SSSR count). The van der Waals surface area contributed by atoms with E-state index in [4.69, 9.17) is 9.57 Å². The highest BCUT2D eigenvalue weighted by molar-refractivity contribution is 5.77. The molecule has 1 unspecified atom stereocenters. The van der Waals surface area contributed by atoms with Gasteiger partial charge in [0.2, 0.25) is 5.90 Å². The number of ether oxygens (including phenoxy) is 1. The number of methoxy groups -OCH3 is 1. The third-order valence-electron chi connectivity index (χ3n) is 3.16. The number of oxime groups is 1. The Morgan fingerprint density at radius 1 is 1.47 bits per heavy atom. The molecule has 0 radical (unpaired) electrons. The summed E-state index contributed by atoms with van der Waals surface area (Å²) in [5, 5.41) is 3.98. The Morgan fingerprint density at radius 3 is 2.73 bits per heavy atom. The zero-order chi connectivity index (χ0) is 10.2. The number of halogens is 1. The van der Waals surface area contributed by atoms with Crippen molar-refractivity contribution in [1.29, 1.82) is 0 Å². The Labute approximate surface area is 108 Å². The quantitative estimate of drug-likeness (QED) is 0.380. The second-order valence-electron chi connectivity index (χ2n) is 5.06. The van der Waals surface area contributed by atoms with Crippen LogP contribution in [0.3, 0.4) is 0 Å². The lowest BCUT2D eigenvalue weighted by Gasteiger charge is -2.41. The Kier molecular flexibility index (Phi) is 3.86. The summed E-state index contributed by atoms with van der Waals surface area (Å²) in [6, 6.07) is 0. The number of hydrogen-bond acceptors (Lipinski definition) is 3. The van der Waals surface area contributed by atoms with Gasteiger partial charge in [-0.15, -0.1) is 0 Å². The van der Waals surface area contributed by atoms with Gasteiger partial charge in [0.15, 0.2) is 5.60 Å². The number of likely N-dealkylation sites (N-methyl/N-ethyl adjacent to an activating group) is 1. The maximum atomic E-state index is 5.57. The van der Waals surface area contributed by atoms with Crippen molar-refractivity contribution in [3.8, 4) is 0 Å². The van der Waals surface area contributed by atoms with Gasteiger partial charge in [0, 0.05) is 12.8 Å². The molecule has 0 aromatic rings. The summed E-state index contributed by atoms with van der Waals surface area (Å²) in [6.07, 6.45) is 3.15. The maximum Gasteiger partial charge on any atom is 0.229 e. The number of likely N-dealkylation sites (tertiary alicyclic amines) is 1. The minimum absolute atomic E-state index is 0. The molecule has 4 nitrogen and oxygen atoms in total. The van der Waals surface area contributed by atoms with Gasteiger partial charge in [0.1, 0.15) is 6.54 Å². The molecule has 0 aliphatic carbocycles. The smallest absolute Gasteiger partial charge is 0.229 e. The summed E-state index contributed by atoms with van der Waals surface area (Å²) in [5.74, 6) is 0.742. The van der Waals surface area contributed by atoms with Crippen molar-refractivity contribution in [1.82, 2.24) is 0 Å². The second-order valence-corrected chi connectivity index (χ2v) is 5.06. The number of rotatable bonds is 0. The van der Waals surface area contributed by atoms with Crippen LogP contribution in [0.4, 0.5) is 0 Å². The molecule has 15 heavy (non-hydrogen) atoms. The van der Waals surface area contributed by atoms with E-state index in [1.54, 1.807) is 7.11 Å². The van der Waals surface area contributed by atoms with Gasteiger partial charge in [-0.05, 0) is 0 Å². The highest BCUT2D eigenvalue weighted by atomic mass is 127. The topological polar surface area (TPSA) is 30.8 Å². The second kappa shape index (κ2) is 4.45. The van der Waals surface area contributed by atoms with E-state index >= 15 is 0 Å². The molecule has 2 aliphatic heterocycles. The van der Waals surface area contributed by atoms with Crippen LogP contribution in [-0.2, 0) is 9.57 Å². The summed E-state index contributed by atoms with van der Waals surface area (Å²) >= 11 is 0. The van der Waals surface area contributed by atoms with Crippen molar-refractivity contribution >= 4 is 5.90 Å². The van der Waals surface area contributed by atoms with Crippen LogP contribution >= 0.6 is 0 Å². The van der Waals surface area contributed by atoms with Crippen molar-refractivity contribution < 1.29 is 38.0 Å². The highest BCUT2D eigenvalue weighted by Gasteiger charge is 2.48. The first-order chi connectivity index (χ1) is 6.55. The van der Waals surface area contributed by atoms with Gasteiger partial charge >= 0.3 is 0 Å². The number of quaternary nitrogens is 1. The Bertz CT molecular complexity index is 268. The Morgan fingerprint density at radius 2 is 2.20 bits per heavy atom. The van der Waals surface area contributed by atoms with Gasteiger partial charge in [0.25, 0.3) is 0 Å². The van der Waals surface area contributed by atoms with Crippen LogP contribution in [0.25, 0.3) is 0 Å². The molecule has 0 aromatic heterocycles. The third-order valence-corrected chi connectivity index (χ3v) is 3.16. The van der Waals surface area contributed by atoms with Crippen molar-refractivity contribution in [3.63, 3.8) is 0 Å². The molecule has 1 saturated heterocycles. The van der Waals surface area contributed by atoms with Crippen LogP contribution in [0.5, 0.6) is 0 Å². The van der Waals surface area contributed by atoms with Crippen molar-refractivity contribution in [3.05, 3.63) is 0 Å². The van der Waals surface area contributed by atoms with Crippen LogP contribution < -0.4 is 24.0 Å². The zero-order valence-electron chi connectivity index (χ0n) is 9.62. The minimum Gasteiger partial charge on any atom is -1.00 e. The van der Waals surface area contributed by atoms with Crippen molar-refractivity contribution in [2.45, 2.75) is 24.9 Å². The van der Waals surface area contributed by atoms with E-state index in [9.17, 15) is 0 Å². The van der Waals surface area contributed by atoms with Crippen LogP contribution in [0.1, 0.15) is 19.3 Å². The molecule has 0 aromatic carbocycles. The predicted octanol–water partition coefficient (Wildman–Crippen LogP) is -2.02. The van der Waals surface area contributed by atoms with E-state index in [1.165, 1.54) is 13.0 Å². The molecule has 0 amide bonds. The first-order valence-electron chi connectivity index (χ1n) is 5.16. The first kappa shape index (κ1) is 13.0. The minimum atomic E-state index is -0.0763. The fourth-order valence-corrected chi connectivity index (χ4v) is 2.58. The summed E-state index contributed by atoms with van der Waals surface area (Å²) < 4.78 is 6.15. The lowest BCUT2D eigenvalue weighted by Crippen LogP contribution is -3.00. The van der Waals surface area contributed by atoms with Crippen molar-refractivity contribution in [2.24, 2.45) is 5.16 Å². The van der Waals surface area contributed by atoms with Crippen LogP contribution in [0.2, 0.25) is 0 Å². The normalized spacial score (nSPS) is 32.9. The summed E-state index contributed by atoms with van der Waals surface area (Å²) in [5.41, 5.74) is -0.0763. The van der Waals surface area contributed by atoms with Gasteiger partial charge in [0.05, 0.1) is 34.2 Å². The molecule has 5 heteroatoms. The molecule has 1 fully saturated rings.